The first-order chi connectivity index (χ1) is 15.1. The minimum atomic E-state index is -0.204. The van der Waals surface area contributed by atoms with E-state index in [4.69, 9.17) is 0 Å². The maximum absolute atomic E-state index is 13.3. The highest BCUT2D eigenvalue weighted by Crippen LogP contribution is 2.27. The Morgan fingerprint density at radius 1 is 1.03 bits per heavy atom. The number of aromatic nitrogens is 4. The summed E-state index contributed by atoms with van der Waals surface area (Å²) in [6.45, 7) is 0. The highest BCUT2D eigenvalue weighted by Gasteiger charge is 2.19. The summed E-state index contributed by atoms with van der Waals surface area (Å²) >= 11 is 0. The highest BCUT2D eigenvalue weighted by molar-refractivity contribution is 6.21. The summed E-state index contributed by atoms with van der Waals surface area (Å²) in [5.41, 5.74) is 3.11. The molecule has 1 aromatic carbocycles. The second-order valence-corrected chi connectivity index (χ2v) is 7.30. The first kappa shape index (κ1) is 21.0. The number of fused-ring (bicyclic) bond motifs is 2. The standard InChI is InChI=1S/C24H18N4O3.CH4/c29-16-11-19-20(14-27-24(19)26-13-16)23(31)18-4-1-5-21-17(18)8-10-28(21)22(30)7-6-15-3-2-9-25-12-15;/h1-5,8-14,29H,6-7H2,(H,26,27);1H4. The van der Waals surface area contributed by atoms with Crippen LogP contribution in [0.5, 0.6) is 5.75 Å². The van der Waals surface area contributed by atoms with E-state index >= 15 is 0 Å². The van der Waals surface area contributed by atoms with Crippen LogP contribution in [-0.4, -0.2) is 36.3 Å². The molecule has 5 rings (SSSR count). The second-order valence-electron chi connectivity index (χ2n) is 7.30. The van der Waals surface area contributed by atoms with Crippen LogP contribution in [0.25, 0.3) is 21.9 Å². The molecule has 0 radical (unpaired) electrons. The third-order valence-corrected chi connectivity index (χ3v) is 5.36. The van der Waals surface area contributed by atoms with Crippen LogP contribution in [-0.2, 0) is 6.42 Å². The maximum atomic E-state index is 13.3. The van der Waals surface area contributed by atoms with Gasteiger partial charge < -0.3 is 10.1 Å². The van der Waals surface area contributed by atoms with E-state index in [1.165, 1.54) is 12.3 Å². The summed E-state index contributed by atoms with van der Waals surface area (Å²) in [6, 6.07) is 12.4. The van der Waals surface area contributed by atoms with Crippen molar-refractivity contribution in [3.63, 3.8) is 0 Å². The van der Waals surface area contributed by atoms with E-state index in [0.29, 0.717) is 45.9 Å². The van der Waals surface area contributed by atoms with Crippen LogP contribution in [0, 0.1) is 0 Å². The van der Waals surface area contributed by atoms with Crippen LogP contribution in [0.2, 0.25) is 0 Å². The molecule has 0 aliphatic rings. The summed E-state index contributed by atoms with van der Waals surface area (Å²) < 4.78 is 1.59. The van der Waals surface area contributed by atoms with Crippen LogP contribution in [0.15, 0.2) is 73.4 Å². The average molecular weight is 426 g/mol. The monoisotopic (exact) mass is 426 g/mol. The van der Waals surface area contributed by atoms with Crippen LogP contribution in [0.4, 0.5) is 0 Å². The topological polar surface area (TPSA) is 101 Å². The zero-order chi connectivity index (χ0) is 21.4. The van der Waals surface area contributed by atoms with E-state index in [1.807, 2.05) is 18.2 Å². The zero-order valence-corrected chi connectivity index (χ0v) is 16.4. The van der Waals surface area contributed by atoms with E-state index in [1.54, 1.807) is 47.6 Å². The largest absolute Gasteiger partial charge is 0.506 e. The number of carbonyl (C=O) groups excluding carboxylic acids is 2. The smallest absolute Gasteiger partial charge is 0.231 e. The molecule has 0 saturated carbocycles. The minimum absolute atomic E-state index is 0. The van der Waals surface area contributed by atoms with Gasteiger partial charge >= 0.3 is 0 Å². The molecule has 0 saturated heterocycles. The normalized spacial score (nSPS) is 10.9. The lowest BCUT2D eigenvalue weighted by Gasteiger charge is -2.06. The van der Waals surface area contributed by atoms with Crippen molar-refractivity contribution in [2.45, 2.75) is 20.3 Å². The van der Waals surface area contributed by atoms with Gasteiger partial charge in [-0.1, -0.05) is 25.6 Å². The van der Waals surface area contributed by atoms with E-state index < -0.39 is 0 Å². The average Bonchev–Trinajstić information content (AvgIpc) is 3.41. The van der Waals surface area contributed by atoms with Gasteiger partial charge in [-0.05, 0) is 36.2 Å². The summed E-state index contributed by atoms with van der Waals surface area (Å²) in [5, 5.41) is 11.0. The molecule has 7 heteroatoms. The Hall–Kier alpha value is -4.26. The van der Waals surface area contributed by atoms with Gasteiger partial charge in [0.1, 0.15) is 11.4 Å². The van der Waals surface area contributed by atoms with Gasteiger partial charge in [0.25, 0.3) is 0 Å². The number of pyridine rings is 2. The fourth-order valence-corrected chi connectivity index (χ4v) is 3.83. The van der Waals surface area contributed by atoms with Crippen molar-refractivity contribution in [1.29, 1.82) is 0 Å². The van der Waals surface area contributed by atoms with Gasteiger partial charge in [-0.2, -0.15) is 0 Å². The van der Waals surface area contributed by atoms with Crippen LogP contribution >= 0.6 is 0 Å². The van der Waals surface area contributed by atoms with Crippen LogP contribution in [0.1, 0.15) is 40.1 Å². The molecule has 0 spiro atoms. The predicted molar refractivity (Wildman–Crippen MR) is 123 cm³/mol. The number of hydrogen-bond donors (Lipinski definition) is 2. The third kappa shape index (κ3) is 3.65. The number of benzene rings is 1. The number of carbonyl (C=O) groups is 2. The molecule has 2 N–H and O–H groups in total. The lowest BCUT2D eigenvalue weighted by atomic mass is 10.00. The lowest BCUT2D eigenvalue weighted by Crippen LogP contribution is -2.10. The Morgan fingerprint density at radius 3 is 2.72 bits per heavy atom. The van der Waals surface area contributed by atoms with Gasteiger partial charge in [0, 0.05) is 53.1 Å². The molecule has 0 aliphatic heterocycles. The number of nitrogens with zero attached hydrogens (tertiary/aromatic N) is 3. The molecule has 32 heavy (non-hydrogen) atoms. The van der Waals surface area contributed by atoms with E-state index in [9.17, 15) is 14.7 Å². The predicted octanol–water partition coefficient (Wildman–Crippen LogP) is 4.76. The molecule has 4 heterocycles. The van der Waals surface area contributed by atoms with Crippen molar-refractivity contribution < 1.29 is 14.7 Å². The lowest BCUT2D eigenvalue weighted by molar-refractivity contribution is 0.0907. The zero-order valence-electron chi connectivity index (χ0n) is 16.4. The fourth-order valence-electron chi connectivity index (χ4n) is 3.83. The summed E-state index contributed by atoms with van der Waals surface area (Å²) in [7, 11) is 0. The summed E-state index contributed by atoms with van der Waals surface area (Å²) in [5.74, 6) is -0.265. The molecule has 0 unspecified atom stereocenters. The van der Waals surface area contributed by atoms with Crippen molar-refractivity contribution in [3.8, 4) is 5.75 Å². The van der Waals surface area contributed by atoms with Crippen LogP contribution in [0.3, 0.4) is 0 Å². The minimum Gasteiger partial charge on any atom is -0.506 e. The molecule has 5 aromatic rings. The summed E-state index contributed by atoms with van der Waals surface area (Å²) in [6.07, 6.45) is 9.01. The molecular formula is C25H22N4O3. The number of nitrogens with one attached hydrogen (secondary N) is 1. The molecule has 4 aromatic heterocycles. The fraction of sp³-hybridized carbons (Fsp3) is 0.120. The van der Waals surface area contributed by atoms with Crippen molar-refractivity contribution in [1.82, 2.24) is 19.5 Å². The van der Waals surface area contributed by atoms with Crippen molar-refractivity contribution >= 4 is 33.6 Å². The molecule has 0 amide bonds. The number of aryl methyl sites for hydroxylation is 1. The van der Waals surface area contributed by atoms with Crippen molar-refractivity contribution in [2.24, 2.45) is 0 Å². The third-order valence-electron chi connectivity index (χ3n) is 5.36. The first-order valence-corrected chi connectivity index (χ1v) is 9.85. The quantitative estimate of drug-likeness (QED) is 0.395. The number of hydrogen-bond acceptors (Lipinski definition) is 5. The SMILES string of the molecule is C.O=C(c1c[nH]c2ncc(O)cc12)c1cccc2c1ccn2C(=O)CCc1cccnc1. The Balaban J connectivity index is 0.00000245. The Bertz CT molecular complexity index is 1430. The number of H-pyrrole nitrogens is 1. The molecule has 7 nitrogen and oxygen atoms in total. The maximum Gasteiger partial charge on any atom is 0.231 e. The number of aromatic amines is 1. The molecular weight excluding hydrogens is 404 g/mol. The Kier molecular flexibility index (Phi) is 5.55. The molecule has 0 bridgehead atoms. The molecule has 0 fully saturated rings. The van der Waals surface area contributed by atoms with Crippen molar-refractivity contribution in [3.05, 3.63) is 90.1 Å². The second kappa shape index (κ2) is 8.47. The molecule has 0 aliphatic carbocycles. The Labute approximate surface area is 184 Å². The Morgan fingerprint density at radius 2 is 1.91 bits per heavy atom. The van der Waals surface area contributed by atoms with Crippen LogP contribution < -0.4 is 0 Å². The molecule has 0 atom stereocenters. The van der Waals surface area contributed by atoms with Crippen molar-refractivity contribution in [2.75, 3.05) is 0 Å². The highest BCUT2D eigenvalue weighted by atomic mass is 16.3. The van der Waals surface area contributed by atoms with Gasteiger partial charge in [0.05, 0.1) is 11.7 Å². The van der Waals surface area contributed by atoms with E-state index in [0.717, 1.165) is 5.56 Å². The number of ketones is 1. The van der Waals surface area contributed by atoms with E-state index in [-0.39, 0.29) is 24.9 Å². The van der Waals surface area contributed by atoms with Gasteiger partial charge in [-0.15, -0.1) is 0 Å². The first-order valence-electron chi connectivity index (χ1n) is 9.85. The summed E-state index contributed by atoms with van der Waals surface area (Å²) in [4.78, 5) is 37.3. The molecule has 160 valence electrons. The van der Waals surface area contributed by atoms with E-state index in [2.05, 4.69) is 15.0 Å². The number of aromatic hydroxyl groups is 1. The van der Waals surface area contributed by atoms with Gasteiger partial charge in [-0.3, -0.25) is 19.1 Å². The number of rotatable bonds is 5. The van der Waals surface area contributed by atoms with Gasteiger partial charge in [-0.25, -0.2) is 4.98 Å². The van der Waals surface area contributed by atoms with Gasteiger partial charge in [0.2, 0.25) is 5.91 Å². The van der Waals surface area contributed by atoms with Gasteiger partial charge in [0.15, 0.2) is 5.78 Å².